The van der Waals surface area contributed by atoms with Crippen LogP contribution in [0.3, 0.4) is 0 Å². The Morgan fingerprint density at radius 1 is 0.400 bits per heavy atom. The molecule has 0 aliphatic carbocycles. The molecule has 8 N–H and O–H groups in total. The number of carbonyl (C=O) groups excluding carboxylic acids is 4. The van der Waals surface area contributed by atoms with Gasteiger partial charge in [0.2, 0.25) is 63.7 Å². The minimum atomic E-state index is -3.82. The Morgan fingerprint density at radius 2 is 0.715 bits per heavy atom. The summed E-state index contributed by atoms with van der Waals surface area (Å²) in [4.78, 5) is 64.9. The lowest BCUT2D eigenvalue weighted by Crippen LogP contribution is -2.24. The van der Waals surface area contributed by atoms with E-state index in [1.165, 1.54) is 60.9 Å². The van der Waals surface area contributed by atoms with Gasteiger partial charge in [-0.15, -0.1) is 0 Å². The highest BCUT2D eigenvalue weighted by Crippen LogP contribution is 2.46. The normalized spacial score (nSPS) is 16.2. The third-order valence-corrected chi connectivity index (χ3v) is 26.9. The van der Waals surface area contributed by atoms with Crippen LogP contribution in [0.1, 0.15) is 99.4 Å². The molecule has 4 atom stereocenters. The number of aryl methyl sites for hydroxylation is 1. The number of primary sulfonamides is 4. The van der Waals surface area contributed by atoms with E-state index in [2.05, 4.69) is 15.9 Å². The first-order valence-electron chi connectivity index (χ1n) is 39.6. The van der Waals surface area contributed by atoms with Gasteiger partial charge in [-0.1, -0.05) is 155 Å². The van der Waals surface area contributed by atoms with Crippen molar-refractivity contribution in [1.29, 1.82) is 5.26 Å². The molecule has 0 saturated carbocycles. The van der Waals surface area contributed by atoms with E-state index in [1.54, 1.807) is 153 Å². The van der Waals surface area contributed by atoms with Gasteiger partial charge >= 0.3 is 0 Å². The second kappa shape index (κ2) is 41.4. The molecule has 4 saturated heterocycles. The number of ether oxygens (including phenoxy) is 4. The number of aromatic nitrogens is 1. The van der Waals surface area contributed by atoms with Crippen LogP contribution in [-0.4, -0.2) is 88.5 Å². The van der Waals surface area contributed by atoms with Crippen LogP contribution in [0.25, 0.3) is 4.85 Å². The lowest BCUT2D eigenvalue weighted by atomic mass is 9.97. The van der Waals surface area contributed by atoms with Crippen LogP contribution >= 0.6 is 69.6 Å². The number of sulfonamides is 4. The number of para-hydroxylation sites is 1. The maximum Gasteiger partial charge on any atom is 0.238 e. The van der Waals surface area contributed by atoms with Crippen molar-refractivity contribution in [3.63, 3.8) is 0 Å². The molecule has 5 heterocycles. The van der Waals surface area contributed by atoms with E-state index in [9.17, 15) is 52.8 Å². The van der Waals surface area contributed by atoms with E-state index in [4.69, 9.17) is 121 Å². The fourth-order valence-corrected chi connectivity index (χ4v) is 18.2. The summed E-state index contributed by atoms with van der Waals surface area (Å²) in [5, 5.41) is 32.2. The molecule has 4 aliphatic rings. The van der Waals surface area contributed by atoms with Gasteiger partial charge in [0, 0.05) is 136 Å². The third-order valence-electron chi connectivity index (χ3n) is 21.7. The van der Waals surface area contributed by atoms with E-state index in [-0.39, 0.29) is 115 Å². The highest BCUT2D eigenvalue weighted by Gasteiger charge is 2.39. The summed E-state index contributed by atoms with van der Waals surface area (Å²) in [6.45, 7) is 11.8. The SMILES string of the molecule is Cc1ccccc1COc1cc(Cl)ccc1[C@H]1CC(=O)N(c2ccc(S(N)(=O)=O)cc2)C1.N#Cc1cccc(COc2cc(Cl)ccc2[C@H]2CC(=O)N(c3ccc(S(N)(=O)=O)cc3)C2)c1.NS(=O)(=O)c1ccc(N2C[C@@H](c3ccc(Cl)cc3Oc3c(Cl)cncc3Cl)CC2=O)cc1.[C-]#[N+]c1ccccc1COc1cc(Cl)ccc1[C@H]1CC(=O)N(c2ccc(S(N)(=O)=O)cc2)C1. The summed E-state index contributed by atoms with van der Waals surface area (Å²) in [5.41, 5.74) is 10.7. The number of benzene rings is 11. The van der Waals surface area contributed by atoms with Gasteiger partial charge in [-0.2, -0.15) is 5.26 Å². The number of pyridine rings is 1. The minimum Gasteiger partial charge on any atom is -0.490 e. The Balaban J connectivity index is 0.000000148. The lowest BCUT2D eigenvalue weighted by Gasteiger charge is -2.19. The zero-order valence-corrected chi connectivity index (χ0v) is 76.5. The van der Waals surface area contributed by atoms with E-state index in [0.29, 0.717) is 116 Å². The molecule has 12 aromatic rings. The van der Waals surface area contributed by atoms with Crippen molar-refractivity contribution in [3.8, 4) is 34.8 Å². The van der Waals surface area contributed by atoms with Gasteiger partial charge in [0.05, 0.1) is 37.8 Å². The molecule has 4 amide bonds. The molecule has 0 radical (unpaired) electrons. The molecule has 0 spiro atoms. The standard InChI is InChI=1S/2C24H20ClN3O4S.C24H23ClN2O4S.C21H16Cl3N3O4S/c1-27-22-5-3-2-4-16(22)15-32-23-13-18(25)6-11-21(23)17-12-24(29)28(14-17)19-7-9-20(10-8-19)33(26,30)31;25-19-4-9-22(23(12-19)32-15-17-3-1-2-16(10-17)13-26)18-11-24(29)28(14-18)20-5-7-21(8-6-20)33(27,30)31;1-16-4-2-3-5-17(16)15-31-23-13-19(25)6-11-22(23)18-12-24(28)27(14-18)20-7-9-21(10-8-20)32(26,29)30;22-13-1-6-16(19(8-13)31-21-17(23)9-26-10-18(21)24)12-7-20(28)27(11-12)14-2-4-15(5-3-14)32(25,29)30/h2-11,13,17H,12,14-15H2,(H2,26,30,31);1-10,12,18H,11,14-15H2,(H2,27,30,31);2-11,13,18H,12,14-15H2,1H3,(H2,26,29,30);1-6,8-10,12H,7,11H2,(H2,25,29,30)/t17-;2*18-;12-/m0000/s1. The van der Waals surface area contributed by atoms with Gasteiger partial charge in [0.15, 0.2) is 11.4 Å². The Labute approximate surface area is 781 Å². The summed E-state index contributed by atoms with van der Waals surface area (Å²) in [7, 11) is -15.2. The van der Waals surface area contributed by atoms with Gasteiger partial charge in [-0.05, 0) is 204 Å². The summed E-state index contributed by atoms with van der Waals surface area (Å²) in [6, 6.07) is 69.5. The van der Waals surface area contributed by atoms with E-state index in [0.717, 1.165) is 44.5 Å². The first-order valence-corrected chi connectivity index (χ1v) is 48.1. The number of hydrogen-bond acceptors (Lipinski definition) is 18. The summed E-state index contributed by atoms with van der Waals surface area (Å²) >= 11 is 37.2. The number of carbonyl (C=O) groups is 4. The molecule has 4 fully saturated rings. The second-order valence-corrected chi connectivity index (χ2v) is 39.2. The summed E-state index contributed by atoms with van der Waals surface area (Å²) < 4.78 is 116. The molecule has 1 aromatic heterocycles. The van der Waals surface area contributed by atoms with E-state index >= 15 is 0 Å². The van der Waals surface area contributed by atoms with Crippen LogP contribution in [0.15, 0.2) is 275 Å². The van der Waals surface area contributed by atoms with Crippen molar-refractivity contribution in [2.45, 2.75) is 95.7 Å². The van der Waals surface area contributed by atoms with Crippen molar-refractivity contribution in [2.24, 2.45) is 20.6 Å². The monoisotopic (exact) mass is 1940 g/mol. The molecular formula is C93H79Cl6N11O16S4. The molecule has 4 aliphatic heterocycles. The van der Waals surface area contributed by atoms with Crippen molar-refractivity contribution in [1.82, 2.24) is 4.98 Å². The highest BCUT2D eigenvalue weighted by atomic mass is 35.5. The third kappa shape index (κ3) is 24.0. The molecule has 668 valence electrons. The van der Waals surface area contributed by atoms with Crippen molar-refractivity contribution < 1.29 is 71.8 Å². The molecule has 11 aromatic carbocycles. The molecular weight excluding hydrogens is 1870 g/mol. The van der Waals surface area contributed by atoms with Crippen molar-refractivity contribution >= 4 is 162 Å². The fraction of sp³-hybridized carbons (Fsp3) is 0.172. The maximum atomic E-state index is 12.8. The molecule has 0 unspecified atom stereocenters. The van der Waals surface area contributed by atoms with Gasteiger partial charge < -0.3 is 38.5 Å². The Bertz CT molecular complexity index is 6890. The maximum absolute atomic E-state index is 12.8. The number of nitrogens with zero attached hydrogens (tertiary/aromatic N) is 7. The fourth-order valence-electron chi connectivity index (χ4n) is 15.1. The topological polar surface area (TPSA) is 400 Å². The lowest BCUT2D eigenvalue weighted by molar-refractivity contribution is -0.118. The number of halogens is 6. The number of anilines is 4. The second-order valence-electron chi connectivity index (χ2n) is 30.4. The largest absolute Gasteiger partial charge is 0.490 e. The number of rotatable bonds is 23. The number of nitriles is 1. The van der Waals surface area contributed by atoms with Crippen molar-refractivity contribution in [2.75, 3.05) is 45.8 Å². The molecule has 27 nitrogen and oxygen atoms in total. The minimum absolute atomic E-state index is 0.00837. The Morgan fingerprint density at radius 3 is 1.05 bits per heavy atom. The zero-order valence-electron chi connectivity index (χ0n) is 68.7. The Hall–Kier alpha value is -12.0. The first kappa shape index (κ1) is 95.6. The van der Waals surface area contributed by atoms with E-state index < -0.39 is 40.1 Å². The molecule has 16 rings (SSSR count). The average molecular weight is 1950 g/mol. The predicted molar refractivity (Wildman–Crippen MR) is 498 cm³/mol. The van der Waals surface area contributed by atoms with Crippen molar-refractivity contribution in [3.05, 3.63) is 347 Å². The zero-order chi connectivity index (χ0) is 93.1. The molecule has 37 heteroatoms. The number of amides is 4. The smallest absolute Gasteiger partial charge is 0.238 e. The van der Waals surface area contributed by atoms with E-state index in [1.807, 2.05) is 67.6 Å². The number of hydrogen-bond donors (Lipinski definition) is 4. The van der Waals surface area contributed by atoms with Gasteiger partial charge in [0.25, 0.3) is 0 Å². The van der Waals surface area contributed by atoms with Crippen LogP contribution in [-0.2, 0) is 79.1 Å². The first-order chi connectivity index (χ1) is 61.8. The quantitative estimate of drug-likeness (QED) is 0.0432. The average Bonchev–Trinajstić information content (AvgIpc) is 1.63. The summed E-state index contributed by atoms with van der Waals surface area (Å²) in [6.07, 6.45) is 3.93. The van der Waals surface area contributed by atoms with Crippen LogP contribution < -0.4 is 59.1 Å². The molecule has 130 heavy (non-hydrogen) atoms. The predicted octanol–water partition coefficient (Wildman–Crippen LogP) is 18.0. The van der Waals surface area contributed by atoms with Crippen LogP contribution in [0.4, 0.5) is 28.4 Å². The molecule has 0 bridgehead atoms. The highest BCUT2D eigenvalue weighted by molar-refractivity contribution is 7.90. The Kier molecular flexibility index (Phi) is 30.4. The van der Waals surface area contributed by atoms with Crippen LogP contribution in [0.2, 0.25) is 30.1 Å². The summed E-state index contributed by atoms with van der Waals surface area (Å²) in [5.74, 6) is 1.60. The van der Waals surface area contributed by atoms with Gasteiger partial charge in [-0.3, -0.25) is 24.2 Å². The van der Waals surface area contributed by atoms with Crippen LogP contribution in [0, 0.1) is 24.8 Å². The number of nitrogens with two attached hydrogens (primary N) is 4. The van der Waals surface area contributed by atoms with Gasteiger partial charge in [0.1, 0.15) is 52.9 Å². The van der Waals surface area contributed by atoms with Crippen LogP contribution in [0.5, 0.6) is 28.7 Å². The van der Waals surface area contributed by atoms with Gasteiger partial charge in [-0.25, -0.2) is 59.1 Å².